The first-order valence-electron chi connectivity index (χ1n) is 7.29. The van der Waals surface area contributed by atoms with Gasteiger partial charge in [-0.05, 0) is 18.9 Å². The number of aryl methyl sites for hydroxylation is 1. The van der Waals surface area contributed by atoms with Crippen molar-refractivity contribution in [2.45, 2.75) is 26.8 Å². The number of hydrogen-bond acceptors (Lipinski definition) is 2. The maximum Gasteiger partial charge on any atom is 0.318 e. The lowest BCUT2D eigenvalue weighted by Gasteiger charge is -2.21. The largest absolute Gasteiger partial charge is 0.356 e. The highest BCUT2D eigenvalue weighted by molar-refractivity contribution is 5.74. The number of terminal acetylenes is 1. The Morgan fingerprint density at radius 3 is 2.41 bits per heavy atom. The molecule has 0 saturated carbocycles. The first kappa shape index (κ1) is 17.6. The van der Waals surface area contributed by atoms with Gasteiger partial charge in [-0.3, -0.25) is 4.79 Å². The van der Waals surface area contributed by atoms with Gasteiger partial charge in [0.2, 0.25) is 5.91 Å². The molecule has 1 aromatic carbocycles. The van der Waals surface area contributed by atoms with Gasteiger partial charge in [-0.2, -0.15) is 0 Å². The van der Waals surface area contributed by atoms with E-state index in [0.29, 0.717) is 26.1 Å². The Bertz CT molecular complexity index is 532. The minimum Gasteiger partial charge on any atom is -0.356 e. The molecule has 0 fully saturated rings. The number of rotatable bonds is 7. The van der Waals surface area contributed by atoms with Crippen molar-refractivity contribution in [1.82, 2.24) is 15.5 Å². The summed E-state index contributed by atoms with van der Waals surface area (Å²) in [7, 11) is 0. The molecule has 0 spiro atoms. The van der Waals surface area contributed by atoms with Crippen molar-refractivity contribution in [2.24, 2.45) is 0 Å². The SMILES string of the molecule is C#CCN(Cc1ccc(C)cc1)C(=O)NCCCNC(C)=O. The number of benzene rings is 1. The predicted molar refractivity (Wildman–Crippen MR) is 87.1 cm³/mol. The summed E-state index contributed by atoms with van der Waals surface area (Å²) in [5.74, 6) is 2.44. The summed E-state index contributed by atoms with van der Waals surface area (Å²) < 4.78 is 0. The van der Waals surface area contributed by atoms with E-state index in [9.17, 15) is 9.59 Å². The Morgan fingerprint density at radius 2 is 1.82 bits per heavy atom. The van der Waals surface area contributed by atoms with E-state index in [4.69, 9.17) is 6.42 Å². The Hall–Kier alpha value is -2.48. The number of hydrogen-bond donors (Lipinski definition) is 2. The van der Waals surface area contributed by atoms with E-state index in [1.165, 1.54) is 12.5 Å². The molecule has 5 heteroatoms. The molecule has 0 aliphatic carbocycles. The fourth-order valence-electron chi connectivity index (χ4n) is 1.88. The molecule has 0 aromatic heterocycles. The van der Waals surface area contributed by atoms with Gasteiger partial charge < -0.3 is 15.5 Å². The van der Waals surface area contributed by atoms with E-state index in [1.807, 2.05) is 31.2 Å². The normalized spacial score (nSPS) is 9.68. The van der Waals surface area contributed by atoms with E-state index in [2.05, 4.69) is 16.6 Å². The lowest BCUT2D eigenvalue weighted by atomic mass is 10.1. The Labute approximate surface area is 132 Å². The van der Waals surface area contributed by atoms with Gasteiger partial charge in [0, 0.05) is 26.6 Å². The second-order valence-corrected chi connectivity index (χ2v) is 5.11. The van der Waals surface area contributed by atoms with Gasteiger partial charge in [-0.1, -0.05) is 35.7 Å². The highest BCUT2D eigenvalue weighted by Gasteiger charge is 2.12. The van der Waals surface area contributed by atoms with Crippen LogP contribution in [-0.2, 0) is 11.3 Å². The molecule has 0 bridgehead atoms. The minimum absolute atomic E-state index is 0.0698. The van der Waals surface area contributed by atoms with Crippen LogP contribution in [0.3, 0.4) is 0 Å². The first-order chi connectivity index (χ1) is 10.5. The van der Waals surface area contributed by atoms with Gasteiger partial charge in [-0.15, -0.1) is 6.42 Å². The smallest absolute Gasteiger partial charge is 0.318 e. The Balaban J connectivity index is 2.44. The summed E-state index contributed by atoms with van der Waals surface area (Å²) in [6.45, 7) is 5.25. The number of urea groups is 1. The average Bonchev–Trinajstić information content (AvgIpc) is 2.48. The summed E-state index contributed by atoms with van der Waals surface area (Å²) >= 11 is 0. The number of carbonyl (C=O) groups is 2. The second-order valence-electron chi connectivity index (χ2n) is 5.11. The third kappa shape index (κ3) is 6.80. The average molecular weight is 301 g/mol. The zero-order valence-corrected chi connectivity index (χ0v) is 13.2. The summed E-state index contributed by atoms with van der Waals surface area (Å²) in [6.07, 6.45) is 6.02. The van der Waals surface area contributed by atoms with Crippen LogP contribution in [-0.4, -0.2) is 36.5 Å². The fraction of sp³-hybridized carbons (Fsp3) is 0.412. The lowest BCUT2D eigenvalue weighted by Crippen LogP contribution is -2.40. The fourth-order valence-corrected chi connectivity index (χ4v) is 1.88. The quantitative estimate of drug-likeness (QED) is 0.594. The molecule has 118 valence electrons. The Kier molecular flexibility index (Phi) is 7.55. The van der Waals surface area contributed by atoms with Crippen LogP contribution in [0.5, 0.6) is 0 Å². The van der Waals surface area contributed by atoms with Crippen LogP contribution in [0.2, 0.25) is 0 Å². The molecular formula is C17H23N3O2. The highest BCUT2D eigenvalue weighted by Crippen LogP contribution is 2.07. The monoisotopic (exact) mass is 301 g/mol. The third-order valence-corrected chi connectivity index (χ3v) is 3.07. The topological polar surface area (TPSA) is 61.4 Å². The van der Waals surface area contributed by atoms with E-state index in [-0.39, 0.29) is 18.5 Å². The maximum atomic E-state index is 12.1. The zero-order chi connectivity index (χ0) is 16.4. The molecule has 1 aromatic rings. The number of nitrogens with zero attached hydrogens (tertiary/aromatic N) is 1. The Morgan fingerprint density at radius 1 is 1.18 bits per heavy atom. The van der Waals surface area contributed by atoms with Crippen LogP contribution in [0.1, 0.15) is 24.5 Å². The van der Waals surface area contributed by atoms with Crippen molar-refractivity contribution >= 4 is 11.9 Å². The van der Waals surface area contributed by atoms with Crippen molar-refractivity contribution < 1.29 is 9.59 Å². The van der Waals surface area contributed by atoms with Gasteiger partial charge in [0.25, 0.3) is 0 Å². The standard InChI is InChI=1S/C17H23N3O2/c1-4-12-20(13-16-8-6-14(2)7-9-16)17(22)19-11-5-10-18-15(3)21/h1,6-9H,5,10-13H2,2-3H3,(H,18,21)(H,19,22). The van der Waals surface area contributed by atoms with E-state index < -0.39 is 0 Å². The van der Waals surface area contributed by atoms with Crippen LogP contribution in [0.15, 0.2) is 24.3 Å². The second kappa shape index (κ2) is 9.46. The predicted octanol–water partition coefficient (Wildman–Crippen LogP) is 1.67. The molecule has 0 aliphatic heterocycles. The van der Waals surface area contributed by atoms with Crippen LogP contribution in [0.4, 0.5) is 4.79 Å². The molecular weight excluding hydrogens is 278 g/mol. The maximum absolute atomic E-state index is 12.1. The summed E-state index contributed by atoms with van der Waals surface area (Å²) in [4.78, 5) is 24.5. The molecule has 5 nitrogen and oxygen atoms in total. The molecule has 2 N–H and O–H groups in total. The van der Waals surface area contributed by atoms with Crippen molar-refractivity contribution in [2.75, 3.05) is 19.6 Å². The molecule has 0 unspecified atom stereocenters. The highest BCUT2D eigenvalue weighted by atomic mass is 16.2. The first-order valence-corrected chi connectivity index (χ1v) is 7.29. The van der Waals surface area contributed by atoms with E-state index in [0.717, 1.165) is 5.56 Å². The molecule has 0 saturated heterocycles. The minimum atomic E-state index is -0.193. The summed E-state index contributed by atoms with van der Waals surface area (Å²) in [5.41, 5.74) is 2.21. The number of carbonyl (C=O) groups excluding carboxylic acids is 2. The zero-order valence-electron chi connectivity index (χ0n) is 13.2. The van der Waals surface area contributed by atoms with Crippen molar-refractivity contribution in [3.05, 3.63) is 35.4 Å². The molecule has 3 amide bonds. The van der Waals surface area contributed by atoms with Gasteiger partial charge in [0.15, 0.2) is 0 Å². The summed E-state index contributed by atoms with van der Waals surface area (Å²) in [6, 6.07) is 7.80. The van der Waals surface area contributed by atoms with Crippen molar-refractivity contribution in [3.8, 4) is 12.3 Å². The third-order valence-electron chi connectivity index (χ3n) is 3.07. The van der Waals surface area contributed by atoms with E-state index >= 15 is 0 Å². The number of amides is 3. The molecule has 1 rings (SSSR count). The molecule has 0 radical (unpaired) electrons. The van der Waals surface area contributed by atoms with Crippen LogP contribution < -0.4 is 10.6 Å². The summed E-state index contributed by atoms with van der Waals surface area (Å²) in [5, 5.41) is 5.50. The van der Waals surface area contributed by atoms with Gasteiger partial charge in [0.05, 0.1) is 6.54 Å². The van der Waals surface area contributed by atoms with Gasteiger partial charge in [-0.25, -0.2) is 4.79 Å². The molecule has 0 atom stereocenters. The lowest BCUT2D eigenvalue weighted by molar-refractivity contribution is -0.118. The molecule has 0 heterocycles. The molecule has 22 heavy (non-hydrogen) atoms. The van der Waals surface area contributed by atoms with E-state index in [1.54, 1.807) is 4.90 Å². The van der Waals surface area contributed by atoms with Crippen molar-refractivity contribution in [1.29, 1.82) is 0 Å². The number of nitrogens with one attached hydrogen (secondary N) is 2. The van der Waals surface area contributed by atoms with Crippen LogP contribution in [0, 0.1) is 19.3 Å². The van der Waals surface area contributed by atoms with Crippen molar-refractivity contribution in [3.63, 3.8) is 0 Å². The van der Waals surface area contributed by atoms with Gasteiger partial charge in [0.1, 0.15) is 0 Å². The van der Waals surface area contributed by atoms with Crippen LogP contribution in [0.25, 0.3) is 0 Å². The molecule has 0 aliphatic rings. The van der Waals surface area contributed by atoms with Gasteiger partial charge >= 0.3 is 6.03 Å². The van der Waals surface area contributed by atoms with Crippen LogP contribution >= 0.6 is 0 Å².